The van der Waals surface area contributed by atoms with Gasteiger partial charge in [-0.25, -0.2) is 0 Å². The van der Waals surface area contributed by atoms with E-state index >= 15 is 0 Å². The summed E-state index contributed by atoms with van der Waals surface area (Å²) in [5.41, 5.74) is 5.05. The number of aryl methyl sites for hydroxylation is 2. The van der Waals surface area contributed by atoms with Crippen LogP contribution in [0.5, 0.6) is 0 Å². The molecule has 2 heterocycles. The van der Waals surface area contributed by atoms with Crippen molar-refractivity contribution in [3.05, 3.63) is 93.4 Å². The van der Waals surface area contributed by atoms with Gasteiger partial charge in [-0.15, -0.1) is 0 Å². The molecule has 0 saturated heterocycles. The molecule has 2 aromatic heterocycles. The summed E-state index contributed by atoms with van der Waals surface area (Å²) in [6.07, 6.45) is 3.67. The third-order valence-corrected chi connectivity index (χ3v) is 5.99. The number of benzene rings is 2. The number of hydrogen-bond acceptors (Lipinski definition) is 3. The van der Waals surface area contributed by atoms with Crippen LogP contribution >= 0.6 is 35.4 Å². The number of aromatic nitrogens is 4. The lowest BCUT2D eigenvalue weighted by Gasteiger charge is -2.09. The maximum atomic E-state index is 6.29. The van der Waals surface area contributed by atoms with Crippen molar-refractivity contribution in [2.45, 2.75) is 26.9 Å². The Morgan fingerprint density at radius 1 is 1.00 bits per heavy atom. The Bertz CT molecular complexity index is 1240. The van der Waals surface area contributed by atoms with Crippen LogP contribution in [-0.2, 0) is 13.1 Å². The monoisotopic (exact) mass is 484 g/mol. The van der Waals surface area contributed by atoms with Crippen LogP contribution < -0.4 is 10.6 Å². The molecule has 0 unspecified atom stereocenters. The molecule has 0 aliphatic carbocycles. The molecule has 0 fully saturated rings. The molecule has 0 radical (unpaired) electrons. The van der Waals surface area contributed by atoms with Crippen molar-refractivity contribution in [3.63, 3.8) is 0 Å². The SMILES string of the molecule is Cc1ccccc1Cn1cc(NC(=S)Nc2cc(C)n(Cc3c(Cl)cccc3Cl)n2)cn1. The maximum absolute atomic E-state index is 6.29. The Hall–Kier alpha value is -2.87. The number of nitrogens with zero attached hydrogens (tertiary/aromatic N) is 4. The summed E-state index contributed by atoms with van der Waals surface area (Å²) < 4.78 is 3.71. The molecule has 2 aromatic carbocycles. The van der Waals surface area contributed by atoms with E-state index in [1.807, 2.05) is 58.9 Å². The van der Waals surface area contributed by atoms with Crippen LogP contribution in [0.3, 0.4) is 0 Å². The molecule has 0 aliphatic heterocycles. The van der Waals surface area contributed by atoms with E-state index < -0.39 is 0 Å². The standard InChI is InChI=1S/C23H22Cl2N6S/c1-15-6-3-4-7-17(15)12-30-13-18(11-26-30)27-23(32)28-22-10-16(2)31(29-22)14-19-20(24)8-5-9-21(19)25/h3-11,13H,12,14H2,1-2H3,(H2,27,28,29,32). The zero-order chi connectivity index (χ0) is 22.7. The first-order chi connectivity index (χ1) is 15.4. The second-order valence-electron chi connectivity index (χ2n) is 7.46. The minimum absolute atomic E-state index is 0.431. The van der Waals surface area contributed by atoms with E-state index in [0.717, 1.165) is 16.9 Å². The molecule has 4 rings (SSSR count). The van der Waals surface area contributed by atoms with Crippen molar-refractivity contribution < 1.29 is 0 Å². The summed E-state index contributed by atoms with van der Waals surface area (Å²) >= 11 is 18.0. The Labute approximate surface area is 202 Å². The van der Waals surface area contributed by atoms with Crippen molar-refractivity contribution in [2.75, 3.05) is 10.6 Å². The molecule has 0 amide bonds. The van der Waals surface area contributed by atoms with Crippen molar-refractivity contribution >= 4 is 52.0 Å². The van der Waals surface area contributed by atoms with Crippen LogP contribution in [0.4, 0.5) is 11.5 Å². The van der Waals surface area contributed by atoms with Gasteiger partial charge in [-0.2, -0.15) is 10.2 Å². The van der Waals surface area contributed by atoms with Crippen LogP contribution in [0.25, 0.3) is 0 Å². The molecular formula is C23H22Cl2N6S. The van der Waals surface area contributed by atoms with E-state index in [2.05, 4.69) is 39.9 Å². The Morgan fingerprint density at radius 3 is 2.50 bits per heavy atom. The van der Waals surface area contributed by atoms with Crippen LogP contribution in [-0.4, -0.2) is 24.7 Å². The third-order valence-electron chi connectivity index (χ3n) is 5.08. The van der Waals surface area contributed by atoms with E-state index in [4.69, 9.17) is 35.4 Å². The molecule has 0 bridgehead atoms. The molecule has 0 spiro atoms. The lowest BCUT2D eigenvalue weighted by atomic mass is 10.1. The van der Waals surface area contributed by atoms with Gasteiger partial charge in [0.05, 0.1) is 25.0 Å². The Balaban J connectivity index is 1.38. The highest BCUT2D eigenvalue weighted by Crippen LogP contribution is 2.26. The van der Waals surface area contributed by atoms with Crippen LogP contribution in [0.2, 0.25) is 10.0 Å². The van der Waals surface area contributed by atoms with E-state index in [1.165, 1.54) is 11.1 Å². The van der Waals surface area contributed by atoms with Gasteiger partial charge in [0.1, 0.15) is 0 Å². The number of halogens is 2. The number of thiocarbonyl (C=S) groups is 1. The molecule has 9 heteroatoms. The fourth-order valence-electron chi connectivity index (χ4n) is 3.32. The highest BCUT2D eigenvalue weighted by atomic mass is 35.5. The highest BCUT2D eigenvalue weighted by molar-refractivity contribution is 7.80. The van der Waals surface area contributed by atoms with E-state index in [1.54, 1.807) is 6.20 Å². The van der Waals surface area contributed by atoms with E-state index in [-0.39, 0.29) is 0 Å². The summed E-state index contributed by atoms with van der Waals surface area (Å²) in [5.74, 6) is 0.635. The second-order valence-corrected chi connectivity index (χ2v) is 8.68. The minimum Gasteiger partial charge on any atom is -0.330 e. The van der Waals surface area contributed by atoms with Gasteiger partial charge in [-0.05, 0) is 49.3 Å². The number of anilines is 2. The maximum Gasteiger partial charge on any atom is 0.176 e. The summed E-state index contributed by atoms with van der Waals surface area (Å²) in [5, 5.41) is 16.9. The van der Waals surface area contributed by atoms with Crippen molar-refractivity contribution in [3.8, 4) is 0 Å². The van der Waals surface area contributed by atoms with Gasteiger partial charge in [0.2, 0.25) is 0 Å². The van der Waals surface area contributed by atoms with Crippen molar-refractivity contribution in [1.82, 2.24) is 19.6 Å². The Morgan fingerprint density at radius 2 is 1.75 bits per heavy atom. The molecule has 4 aromatic rings. The summed E-state index contributed by atoms with van der Waals surface area (Å²) in [6.45, 7) is 5.23. The van der Waals surface area contributed by atoms with E-state index in [0.29, 0.717) is 34.1 Å². The predicted molar refractivity (Wildman–Crippen MR) is 135 cm³/mol. The van der Waals surface area contributed by atoms with Crippen molar-refractivity contribution in [2.24, 2.45) is 0 Å². The van der Waals surface area contributed by atoms with E-state index in [9.17, 15) is 0 Å². The predicted octanol–water partition coefficient (Wildman–Crippen LogP) is 5.91. The van der Waals surface area contributed by atoms with Crippen LogP contribution in [0.15, 0.2) is 60.9 Å². The lowest BCUT2D eigenvalue weighted by Crippen LogP contribution is -2.19. The molecule has 164 valence electrons. The van der Waals surface area contributed by atoms with Gasteiger partial charge in [-0.1, -0.05) is 53.5 Å². The highest BCUT2D eigenvalue weighted by Gasteiger charge is 2.11. The normalized spacial score (nSPS) is 10.9. The minimum atomic E-state index is 0.431. The summed E-state index contributed by atoms with van der Waals surface area (Å²) in [4.78, 5) is 0. The fourth-order valence-corrected chi connectivity index (χ4v) is 4.06. The van der Waals surface area contributed by atoms with Gasteiger partial charge in [-0.3, -0.25) is 9.36 Å². The molecule has 32 heavy (non-hydrogen) atoms. The molecule has 0 atom stereocenters. The quantitative estimate of drug-likeness (QED) is 0.333. The largest absolute Gasteiger partial charge is 0.330 e. The average molecular weight is 485 g/mol. The second kappa shape index (κ2) is 9.73. The first kappa shape index (κ1) is 22.3. The zero-order valence-corrected chi connectivity index (χ0v) is 20.0. The first-order valence-electron chi connectivity index (χ1n) is 10.0. The zero-order valence-electron chi connectivity index (χ0n) is 17.6. The number of nitrogens with one attached hydrogen (secondary N) is 2. The molecular weight excluding hydrogens is 463 g/mol. The molecule has 0 saturated carbocycles. The lowest BCUT2D eigenvalue weighted by molar-refractivity contribution is 0.668. The van der Waals surface area contributed by atoms with Gasteiger partial charge in [0, 0.05) is 33.6 Å². The van der Waals surface area contributed by atoms with Gasteiger partial charge >= 0.3 is 0 Å². The smallest absolute Gasteiger partial charge is 0.176 e. The average Bonchev–Trinajstić information content (AvgIpc) is 3.32. The molecule has 2 N–H and O–H groups in total. The molecule has 6 nitrogen and oxygen atoms in total. The molecule has 0 aliphatic rings. The number of hydrogen-bond donors (Lipinski definition) is 2. The van der Waals surface area contributed by atoms with Crippen LogP contribution in [0, 0.1) is 13.8 Å². The number of rotatable bonds is 6. The summed E-state index contributed by atoms with van der Waals surface area (Å²) in [6, 6.07) is 15.6. The fraction of sp³-hybridized carbons (Fsp3) is 0.174. The topological polar surface area (TPSA) is 59.7 Å². The van der Waals surface area contributed by atoms with Gasteiger partial charge in [0.25, 0.3) is 0 Å². The van der Waals surface area contributed by atoms with Gasteiger partial charge in [0.15, 0.2) is 10.9 Å². The van der Waals surface area contributed by atoms with Crippen molar-refractivity contribution in [1.29, 1.82) is 0 Å². The first-order valence-corrected chi connectivity index (χ1v) is 11.2. The summed E-state index contributed by atoms with van der Waals surface area (Å²) in [7, 11) is 0. The third kappa shape index (κ3) is 5.30. The van der Waals surface area contributed by atoms with Gasteiger partial charge < -0.3 is 10.6 Å². The Kier molecular flexibility index (Phi) is 6.79. The van der Waals surface area contributed by atoms with Crippen LogP contribution in [0.1, 0.15) is 22.4 Å².